The van der Waals surface area contributed by atoms with Gasteiger partial charge in [-0.3, -0.25) is 4.79 Å². The Labute approximate surface area is 180 Å². The van der Waals surface area contributed by atoms with Crippen LogP contribution in [-0.2, 0) is 15.4 Å². The van der Waals surface area contributed by atoms with Gasteiger partial charge in [0.25, 0.3) is 5.91 Å². The van der Waals surface area contributed by atoms with E-state index in [-0.39, 0.29) is 35.9 Å². The van der Waals surface area contributed by atoms with Crippen molar-refractivity contribution in [3.05, 3.63) is 53.1 Å². The number of carbonyl (C=O) groups is 1. The Morgan fingerprint density at radius 2 is 2.03 bits per heavy atom. The lowest BCUT2D eigenvalue weighted by atomic mass is 9.84. The van der Waals surface area contributed by atoms with Crippen LogP contribution in [0.3, 0.4) is 0 Å². The topological polar surface area (TPSA) is 136 Å². The summed E-state index contributed by atoms with van der Waals surface area (Å²) in [6.45, 7) is 0. The van der Waals surface area contributed by atoms with E-state index >= 15 is 0 Å². The lowest BCUT2D eigenvalue weighted by Crippen LogP contribution is -2.37. The molecular weight excluding hydrogens is 416 g/mol. The van der Waals surface area contributed by atoms with Gasteiger partial charge in [-0.1, -0.05) is 12.1 Å². The summed E-state index contributed by atoms with van der Waals surface area (Å²) < 4.78 is 23.6. The summed E-state index contributed by atoms with van der Waals surface area (Å²) >= 11 is 0. The number of rotatable bonds is 4. The summed E-state index contributed by atoms with van der Waals surface area (Å²) in [5.41, 5.74) is 2.08. The fourth-order valence-electron chi connectivity index (χ4n) is 4.13. The van der Waals surface area contributed by atoms with Crippen LogP contribution < -0.4 is 5.32 Å². The van der Waals surface area contributed by atoms with Crippen LogP contribution in [0.2, 0.25) is 0 Å². The molecule has 3 N–H and O–H groups in total. The zero-order valence-electron chi connectivity index (χ0n) is 17.0. The molecule has 0 saturated carbocycles. The molecule has 1 saturated heterocycles. The largest absolute Gasteiger partial charge is 0.385 e. The summed E-state index contributed by atoms with van der Waals surface area (Å²) in [6, 6.07) is 7.23. The van der Waals surface area contributed by atoms with Crippen molar-refractivity contribution in [1.82, 2.24) is 9.97 Å². The number of aromatic nitrogens is 2. The number of anilines is 1. The minimum atomic E-state index is -3.11. The summed E-state index contributed by atoms with van der Waals surface area (Å²) in [6.07, 6.45) is 7.78. The second-order valence-corrected chi connectivity index (χ2v) is 10.4. The van der Waals surface area contributed by atoms with Crippen molar-refractivity contribution >= 4 is 27.0 Å². The standard InChI is InChI=1S/C22H24N4O4S/c23-13-17-14-24-20(25-17)21(27)26-19-7-6-16(12-18(19)15-4-2-1-3-5-15)22(28)8-10-31(29,30)11-9-22/h4,6-7,12,14,28H,1-3,5,8-11H2,(H,24,25)(H,26,27). The minimum absolute atomic E-state index is 0.0419. The molecule has 1 aromatic heterocycles. The Morgan fingerprint density at radius 1 is 1.26 bits per heavy atom. The molecule has 9 heteroatoms. The number of nitrogens with one attached hydrogen (secondary N) is 2. The van der Waals surface area contributed by atoms with E-state index in [1.54, 1.807) is 12.1 Å². The summed E-state index contributed by atoms with van der Waals surface area (Å²) in [7, 11) is -3.11. The number of aliphatic hydroxyl groups is 1. The molecule has 4 rings (SSSR count). The normalized spacial score (nSPS) is 19.8. The van der Waals surface area contributed by atoms with Crippen molar-refractivity contribution in [2.45, 2.75) is 44.1 Å². The average Bonchev–Trinajstić information content (AvgIpc) is 3.26. The number of aromatic amines is 1. The van der Waals surface area contributed by atoms with E-state index < -0.39 is 21.3 Å². The Kier molecular flexibility index (Phi) is 5.69. The third kappa shape index (κ3) is 4.55. The number of hydrogen-bond acceptors (Lipinski definition) is 6. The Hall–Kier alpha value is -2.96. The van der Waals surface area contributed by atoms with E-state index in [0.717, 1.165) is 36.8 Å². The molecule has 1 aliphatic heterocycles. The van der Waals surface area contributed by atoms with Crippen LogP contribution in [0, 0.1) is 11.3 Å². The number of imidazole rings is 1. The van der Waals surface area contributed by atoms with Gasteiger partial charge in [0.1, 0.15) is 6.07 Å². The van der Waals surface area contributed by atoms with Crippen LogP contribution in [0.4, 0.5) is 5.69 Å². The number of carbonyl (C=O) groups excluding carboxylic acids is 1. The molecule has 8 nitrogen and oxygen atoms in total. The first-order valence-corrected chi connectivity index (χ1v) is 12.2. The van der Waals surface area contributed by atoms with Gasteiger partial charge in [0.05, 0.1) is 17.1 Å². The van der Waals surface area contributed by atoms with Crippen molar-refractivity contribution in [2.75, 3.05) is 16.8 Å². The molecule has 2 heterocycles. The number of nitriles is 1. The lowest BCUT2D eigenvalue weighted by Gasteiger charge is -2.33. The van der Waals surface area contributed by atoms with Crippen LogP contribution in [0.5, 0.6) is 0 Å². The van der Waals surface area contributed by atoms with Gasteiger partial charge in [-0.05, 0) is 61.8 Å². The molecule has 162 valence electrons. The molecule has 1 aromatic carbocycles. The van der Waals surface area contributed by atoms with Gasteiger partial charge < -0.3 is 15.4 Å². The maximum atomic E-state index is 12.6. The molecule has 0 radical (unpaired) electrons. The lowest BCUT2D eigenvalue weighted by molar-refractivity contribution is 0.0263. The van der Waals surface area contributed by atoms with Gasteiger partial charge in [0.15, 0.2) is 21.4 Å². The van der Waals surface area contributed by atoms with Gasteiger partial charge >= 0.3 is 0 Å². The maximum absolute atomic E-state index is 12.6. The zero-order chi connectivity index (χ0) is 22.1. The molecule has 2 aliphatic rings. The number of allylic oxidation sites excluding steroid dienone is 2. The minimum Gasteiger partial charge on any atom is -0.385 e. The van der Waals surface area contributed by atoms with E-state index in [4.69, 9.17) is 5.26 Å². The van der Waals surface area contributed by atoms with Gasteiger partial charge in [0.2, 0.25) is 0 Å². The second-order valence-electron chi connectivity index (χ2n) is 8.12. The van der Waals surface area contributed by atoms with Crippen LogP contribution >= 0.6 is 0 Å². The molecule has 1 amide bonds. The predicted octanol–water partition coefficient (Wildman–Crippen LogP) is 2.89. The van der Waals surface area contributed by atoms with E-state index in [0.29, 0.717) is 11.3 Å². The number of benzene rings is 1. The first-order chi connectivity index (χ1) is 14.8. The van der Waals surface area contributed by atoms with Crippen molar-refractivity contribution in [2.24, 2.45) is 0 Å². The van der Waals surface area contributed by atoms with Crippen LogP contribution in [-0.4, -0.2) is 40.9 Å². The number of H-pyrrole nitrogens is 1. The van der Waals surface area contributed by atoms with Crippen molar-refractivity contribution < 1.29 is 18.3 Å². The monoisotopic (exact) mass is 440 g/mol. The first-order valence-electron chi connectivity index (χ1n) is 10.3. The van der Waals surface area contributed by atoms with Crippen molar-refractivity contribution in [1.29, 1.82) is 5.26 Å². The van der Waals surface area contributed by atoms with Gasteiger partial charge in [-0.15, -0.1) is 0 Å². The fraction of sp³-hybridized carbons (Fsp3) is 0.409. The van der Waals surface area contributed by atoms with Gasteiger partial charge in [0, 0.05) is 17.4 Å². The molecule has 2 aromatic rings. The molecule has 31 heavy (non-hydrogen) atoms. The average molecular weight is 441 g/mol. The highest BCUT2D eigenvalue weighted by atomic mass is 32.2. The Morgan fingerprint density at radius 3 is 2.68 bits per heavy atom. The Balaban J connectivity index is 1.67. The van der Waals surface area contributed by atoms with Crippen LogP contribution in [0.1, 0.15) is 66.0 Å². The predicted molar refractivity (Wildman–Crippen MR) is 116 cm³/mol. The number of hydrogen-bond donors (Lipinski definition) is 3. The quantitative estimate of drug-likeness (QED) is 0.669. The Bertz CT molecular complexity index is 1180. The summed E-state index contributed by atoms with van der Waals surface area (Å²) in [5, 5.41) is 22.9. The van der Waals surface area contributed by atoms with Gasteiger partial charge in [-0.2, -0.15) is 5.26 Å². The first kappa shape index (κ1) is 21.3. The molecule has 1 fully saturated rings. The van der Waals surface area contributed by atoms with E-state index in [1.807, 2.05) is 12.1 Å². The van der Waals surface area contributed by atoms with E-state index in [1.165, 1.54) is 6.20 Å². The summed E-state index contributed by atoms with van der Waals surface area (Å²) in [4.78, 5) is 19.3. The third-order valence-corrected chi connectivity index (χ3v) is 7.66. The highest BCUT2D eigenvalue weighted by molar-refractivity contribution is 7.91. The van der Waals surface area contributed by atoms with Crippen LogP contribution in [0.25, 0.3) is 5.57 Å². The third-order valence-electron chi connectivity index (χ3n) is 6.00. The van der Waals surface area contributed by atoms with Gasteiger partial charge in [-0.25, -0.2) is 13.4 Å². The van der Waals surface area contributed by atoms with Crippen molar-refractivity contribution in [3.63, 3.8) is 0 Å². The van der Waals surface area contributed by atoms with Crippen molar-refractivity contribution in [3.8, 4) is 6.07 Å². The zero-order valence-corrected chi connectivity index (χ0v) is 17.8. The molecular formula is C22H24N4O4S. The molecule has 0 bridgehead atoms. The number of amides is 1. The molecule has 0 spiro atoms. The fourth-order valence-corrected chi connectivity index (χ4v) is 5.63. The molecule has 0 atom stereocenters. The smallest absolute Gasteiger partial charge is 0.291 e. The SMILES string of the molecule is N#Cc1c[nH]c(C(=O)Nc2ccc(C3(O)CCS(=O)(=O)CC3)cc2C2=CCCCC2)n1. The molecule has 1 aliphatic carbocycles. The maximum Gasteiger partial charge on any atom is 0.291 e. The highest BCUT2D eigenvalue weighted by Crippen LogP contribution is 2.39. The van der Waals surface area contributed by atoms with E-state index in [9.17, 15) is 18.3 Å². The highest BCUT2D eigenvalue weighted by Gasteiger charge is 2.37. The molecule has 0 unspecified atom stereocenters. The van der Waals surface area contributed by atoms with E-state index in [2.05, 4.69) is 21.4 Å². The summed E-state index contributed by atoms with van der Waals surface area (Å²) in [5.74, 6) is -0.505. The van der Waals surface area contributed by atoms with Crippen LogP contribution in [0.15, 0.2) is 30.5 Å². The number of nitrogens with zero attached hydrogens (tertiary/aromatic N) is 2. The second kappa shape index (κ2) is 8.29. The number of sulfone groups is 1.